The highest BCUT2D eigenvalue weighted by Gasteiger charge is 2.22. The predicted octanol–water partition coefficient (Wildman–Crippen LogP) is 2.06. The Bertz CT molecular complexity index is 524. The van der Waals surface area contributed by atoms with Gasteiger partial charge in [-0.25, -0.2) is 0 Å². The van der Waals surface area contributed by atoms with Crippen molar-refractivity contribution in [3.63, 3.8) is 0 Å². The second-order valence-electron chi connectivity index (χ2n) is 5.64. The number of nitrogens with two attached hydrogens (primary N) is 1. The van der Waals surface area contributed by atoms with Crippen LogP contribution in [0.2, 0.25) is 0 Å². The number of carbonyl (C=O) groups is 2. The second kappa shape index (κ2) is 6.26. The van der Waals surface area contributed by atoms with Gasteiger partial charge in [0.2, 0.25) is 5.91 Å². The van der Waals surface area contributed by atoms with Crippen molar-refractivity contribution in [2.75, 3.05) is 5.73 Å². The molecule has 1 aromatic carbocycles. The molecular formula is C14H20BrN3O2. The van der Waals surface area contributed by atoms with Gasteiger partial charge in [-0.15, -0.1) is 0 Å². The molecule has 4 N–H and O–H groups in total. The maximum absolute atomic E-state index is 12.1. The van der Waals surface area contributed by atoms with E-state index in [1.54, 1.807) is 25.1 Å². The molecule has 0 aliphatic heterocycles. The third kappa shape index (κ3) is 4.52. The van der Waals surface area contributed by atoms with Crippen molar-refractivity contribution in [1.29, 1.82) is 0 Å². The van der Waals surface area contributed by atoms with Gasteiger partial charge in [0.05, 0.1) is 10.0 Å². The fourth-order valence-corrected chi connectivity index (χ4v) is 1.99. The first-order chi connectivity index (χ1) is 9.11. The number of hydrogen-bond donors (Lipinski definition) is 3. The van der Waals surface area contributed by atoms with Gasteiger partial charge in [-0.05, 0) is 55.8 Å². The predicted molar refractivity (Wildman–Crippen MR) is 83.4 cm³/mol. The van der Waals surface area contributed by atoms with Gasteiger partial charge in [-0.2, -0.15) is 0 Å². The Hall–Kier alpha value is -1.56. The van der Waals surface area contributed by atoms with Gasteiger partial charge in [0.15, 0.2) is 0 Å². The molecule has 2 amide bonds. The number of carbonyl (C=O) groups excluding carboxylic acids is 2. The largest absolute Gasteiger partial charge is 0.398 e. The van der Waals surface area contributed by atoms with Crippen LogP contribution in [0.4, 0.5) is 5.69 Å². The van der Waals surface area contributed by atoms with Crippen LogP contribution in [0.1, 0.15) is 38.1 Å². The van der Waals surface area contributed by atoms with E-state index in [0.717, 1.165) is 0 Å². The van der Waals surface area contributed by atoms with Crippen molar-refractivity contribution in [2.45, 2.75) is 39.3 Å². The van der Waals surface area contributed by atoms with Crippen LogP contribution in [0.3, 0.4) is 0 Å². The lowest BCUT2D eigenvalue weighted by atomic mass is 10.1. The van der Waals surface area contributed by atoms with E-state index in [4.69, 9.17) is 5.73 Å². The zero-order valence-electron chi connectivity index (χ0n) is 12.1. The van der Waals surface area contributed by atoms with Crippen molar-refractivity contribution in [2.24, 2.45) is 0 Å². The fourth-order valence-electron chi connectivity index (χ4n) is 1.54. The van der Waals surface area contributed by atoms with Crippen molar-refractivity contribution < 1.29 is 9.59 Å². The second-order valence-corrected chi connectivity index (χ2v) is 6.44. The standard InChI is InChI=1S/C14H20BrN3O2/c1-8(12(19)18-14(2,3)4)17-13(20)9-6-5-7-10(16)11(9)15/h5-8H,16H2,1-4H3,(H,17,20)(H,18,19). The molecule has 0 bridgehead atoms. The van der Waals surface area contributed by atoms with Gasteiger partial charge in [0.25, 0.3) is 5.91 Å². The van der Waals surface area contributed by atoms with Crippen LogP contribution in [-0.2, 0) is 4.79 Å². The summed E-state index contributed by atoms with van der Waals surface area (Å²) >= 11 is 3.27. The Kier molecular flexibility index (Phi) is 5.16. The van der Waals surface area contributed by atoms with E-state index in [1.165, 1.54) is 0 Å². The number of nitrogens with one attached hydrogen (secondary N) is 2. The molecular weight excluding hydrogens is 322 g/mol. The van der Waals surface area contributed by atoms with E-state index in [2.05, 4.69) is 26.6 Å². The molecule has 20 heavy (non-hydrogen) atoms. The lowest BCUT2D eigenvalue weighted by Gasteiger charge is -2.23. The number of benzene rings is 1. The normalized spacial score (nSPS) is 12.7. The molecule has 0 saturated carbocycles. The summed E-state index contributed by atoms with van der Waals surface area (Å²) in [6.45, 7) is 7.29. The minimum absolute atomic E-state index is 0.231. The zero-order valence-corrected chi connectivity index (χ0v) is 13.7. The van der Waals surface area contributed by atoms with E-state index < -0.39 is 6.04 Å². The Morgan fingerprint density at radius 1 is 1.30 bits per heavy atom. The van der Waals surface area contributed by atoms with Gasteiger partial charge >= 0.3 is 0 Å². The summed E-state index contributed by atoms with van der Waals surface area (Å²) in [5.74, 6) is -0.577. The molecule has 0 saturated heterocycles. The molecule has 0 spiro atoms. The fraction of sp³-hybridized carbons (Fsp3) is 0.429. The Labute approximate surface area is 127 Å². The molecule has 0 aliphatic rings. The van der Waals surface area contributed by atoms with Crippen LogP contribution in [0.15, 0.2) is 22.7 Å². The summed E-state index contributed by atoms with van der Waals surface area (Å²) in [6, 6.07) is 4.39. The summed E-state index contributed by atoms with van der Waals surface area (Å²) in [6.07, 6.45) is 0. The Morgan fingerprint density at radius 3 is 2.45 bits per heavy atom. The average molecular weight is 342 g/mol. The topological polar surface area (TPSA) is 84.2 Å². The third-order valence-electron chi connectivity index (χ3n) is 2.51. The molecule has 0 fully saturated rings. The van der Waals surface area contributed by atoms with Crippen LogP contribution >= 0.6 is 15.9 Å². The van der Waals surface area contributed by atoms with Crippen molar-refractivity contribution in [3.05, 3.63) is 28.2 Å². The molecule has 6 heteroatoms. The lowest BCUT2D eigenvalue weighted by molar-refractivity contribution is -0.124. The third-order valence-corrected chi connectivity index (χ3v) is 3.40. The first-order valence-corrected chi connectivity index (χ1v) is 7.08. The number of rotatable bonds is 3. The summed E-state index contributed by atoms with van der Waals surface area (Å²) in [5.41, 5.74) is 6.27. The molecule has 1 atom stereocenters. The maximum Gasteiger partial charge on any atom is 0.253 e. The highest BCUT2D eigenvalue weighted by atomic mass is 79.9. The number of nitrogen functional groups attached to an aromatic ring is 1. The first-order valence-electron chi connectivity index (χ1n) is 6.28. The van der Waals surface area contributed by atoms with Crippen LogP contribution in [0.5, 0.6) is 0 Å². The number of amides is 2. The molecule has 110 valence electrons. The van der Waals surface area contributed by atoms with Crippen molar-refractivity contribution in [3.8, 4) is 0 Å². The summed E-state index contributed by atoms with van der Waals surface area (Å²) in [4.78, 5) is 24.0. The molecule has 0 heterocycles. The number of anilines is 1. The zero-order chi connectivity index (χ0) is 15.5. The monoisotopic (exact) mass is 341 g/mol. The Balaban J connectivity index is 2.76. The van der Waals surface area contributed by atoms with E-state index in [1.807, 2.05) is 20.8 Å². The summed E-state index contributed by atoms with van der Waals surface area (Å²) in [7, 11) is 0. The van der Waals surface area contributed by atoms with E-state index in [0.29, 0.717) is 15.7 Å². The molecule has 5 nitrogen and oxygen atoms in total. The van der Waals surface area contributed by atoms with Gasteiger partial charge in [0, 0.05) is 11.2 Å². The summed E-state index contributed by atoms with van der Waals surface area (Å²) in [5, 5.41) is 5.46. The maximum atomic E-state index is 12.1. The first kappa shape index (κ1) is 16.5. The van der Waals surface area contributed by atoms with E-state index in [9.17, 15) is 9.59 Å². The average Bonchev–Trinajstić information content (AvgIpc) is 2.30. The molecule has 1 aromatic rings. The van der Waals surface area contributed by atoms with Crippen molar-refractivity contribution in [1.82, 2.24) is 10.6 Å². The highest BCUT2D eigenvalue weighted by Crippen LogP contribution is 2.23. The van der Waals surface area contributed by atoms with Gasteiger partial charge in [-0.1, -0.05) is 6.07 Å². The molecule has 0 aliphatic carbocycles. The van der Waals surface area contributed by atoms with E-state index >= 15 is 0 Å². The van der Waals surface area contributed by atoms with Gasteiger partial charge in [0.1, 0.15) is 6.04 Å². The van der Waals surface area contributed by atoms with Crippen LogP contribution in [0, 0.1) is 0 Å². The molecule has 1 unspecified atom stereocenters. The smallest absolute Gasteiger partial charge is 0.253 e. The minimum Gasteiger partial charge on any atom is -0.398 e. The Morgan fingerprint density at radius 2 is 1.90 bits per heavy atom. The number of halogens is 1. The lowest BCUT2D eigenvalue weighted by Crippen LogP contribution is -2.50. The highest BCUT2D eigenvalue weighted by molar-refractivity contribution is 9.10. The molecule has 0 radical (unpaired) electrons. The molecule has 0 aromatic heterocycles. The minimum atomic E-state index is -0.630. The quantitative estimate of drug-likeness (QED) is 0.735. The van der Waals surface area contributed by atoms with E-state index in [-0.39, 0.29) is 17.4 Å². The van der Waals surface area contributed by atoms with Crippen LogP contribution < -0.4 is 16.4 Å². The summed E-state index contributed by atoms with van der Waals surface area (Å²) < 4.78 is 0.529. The van der Waals surface area contributed by atoms with Crippen LogP contribution in [0.25, 0.3) is 0 Å². The van der Waals surface area contributed by atoms with Crippen LogP contribution in [-0.4, -0.2) is 23.4 Å². The SMILES string of the molecule is CC(NC(=O)c1cccc(N)c1Br)C(=O)NC(C)(C)C. The number of hydrogen-bond acceptors (Lipinski definition) is 3. The van der Waals surface area contributed by atoms with Crippen molar-refractivity contribution >= 4 is 33.4 Å². The molecule has 1 rings (SSSR count). The van der Waals surface area contributed by atoms with Gasteiger partial charge < -0.3 is 16.4 Å². The van der Waals surface area contributed by atoms with Gasteiger partial charge in [-0.3, -0.25) is 9.59 Å².